The molecule has 1 aliphatic rings. The number of para-hydroxylation sites is 1. The smallest absolute Gasteiger partial charge is 0.306 e. The first kappa shape index (κ1) is 22.6. The second-order valence-corrected chi connectivity index (χ2v) is 8.59. The second kappa shape index (κ2) is 9.90. The van der Waals surface area contributed by atoms with E-state index in [0.717, 1.165) is 35.5 Å². The summed E-state index contributed by atoms with van der Waals surface area (Å²) < 4.78 is 11.3. The number of rotatable bonds is 8. The number of benzene rings is 2. The maximum absolute atomic E-state index is 13.1. The Bertz CT molecular complexity index is 1120. The van der Waals surface area contributed by atoms with E-state index in [4.69, 9.17) is 14.4 Å². The Morgan fingerprint density at radius 3 is 2.70 bits per heavy atom. The minimum Gasteiger partial charge on any atom is -0.481 e. The van der Waals surface area contributed by atoms with Gasteiger partial charge in [-0.2, -0.15) is 0 Å². The average molecular weight is 449 g/mol. The topological polar surface area (TPSA) is 92.9 Å². The summed E-state index contributed by atoms with van der Waals surface area (Å²) in [6, 6.07) is 17.1. The number of ether oxygens (including phenoxy) is 1. The first-order chi connectivity index (χ1) is 15.9. The van der Waals surface area contributed by atoms with Gasteiger partial charge in [0.25, 0.3) is 0 Å². The molecule has 2 heterocycles. The zero-order valence-corrected chi connectivity index (χ0v) is 18.9. The van der Waals surface area contributed by atoms with Crippen molar-refractivity contribution in [3.05, 3.63) is 77.2 Å². The summed E-state index contributed by atoms with van der Waals surface area (Å²) in [7, 11) is 0. The quantitative estimate of drug-likeness (QED) is 0.524. The number of nitrogens with zero attached hydrogens (tertiary/aromatic N) is 2. The van der Waals surface area contributed by atoms with Gasteiger partial charge in [-0.3, -0.25) is 9.59 Å². The van der Waals surface area contributed by atoms with Crippen LogP contribution in [-0.4, -0.2) is 33.6 Å². The van der Waals surface area contributed by atoms with Crippen LogP contribution in [0.5, 0.6) is 11.5 Å². The number of carboxylic acid groups (broad SMARTS) is 1. The summed E-state index contributed by atoms with van der Waals surface area (Å²) in [5, 5.41) is 13.2. The standard InChI is InChI=1S/C26H28N2O5/c1-17-6-3-4-8-24(17)32-20-11-9-19(10-12-20)15-25(29)28-13-5-7-23(28)22-16-21(33-27-22)14-18(2)26(30)31/h3-4,6,8-12,16,18,23H,5,7,13-15H2,1-2H3,(H,30,31). The van der Waals surface area contributed by atoms with Crippen molar-refractivity contribution < 1.29 is 24.0 Å². The molecule has 0 radical (unpaired) electrons. The highest BCUT2D eigenvalue weighted by atomic mass is 16.5. The Kier molecular flexibility index (Phi) is 6.77. The molecule has 2 aromatic carbocycles. The van der Waals surface area contributed by atoms with Gasteiger partial charge < -0.3 is 19.3 Å². The molecule has 2 unspecified atom stereocenters. The molecule has 0 bridgehead atoms. The monoisotopic (exact) mass is 448 g/mol. The Hall–Kier alpha value is -3.61. The number of amides is 1. The lowest BCUT2D eigenvalue weighted by Crippen LogP contribution is -2.32. The van der Waals surface area contributed by atoms with Gasteiger partial charge in [0.05, 0.1) is 18.4 Å². The molecule has 3 aromatic rings. The molecule has 172 valence electrons. The minimum absolute atomic E-state index is 0.0357. The van der Waals surface area contributed by atoms with E-state index in [-0.39, 0.29) is 18.4 Å². The molecule has 33 heavy (non-hydrogen) atoms. The molecule has 0 aliphatic carbocycles. The van der Waals surface area contributed by atoms with E-state index in [1.54, 1.807) is 13.0 Å². The summed E-state index contributed by atoms with van der Waals surface area (Å²) in [5.74, 6) is 0.680. The van der Waals surface area contributed by atoms with E-state index in [9.17, 15) is 9.59 Å². The molecule has 1 saturated heterocycles. The summed E-state index contributed by atoms with van der Waals surface area (Å²) in [6.07, 6.45) is 2.28. The molecular weight excluding hydrogens is 420 g/mol. The Morgan fingerprint density at radius 1 is 1.21 bits per heavy atom. The van der Waals surface area contributed by atoms with Crippen molar-refractivity contribution in [2.24, 2.45) is 5.92 Å². The van der Waals surface area contributed by atoms with Gasteiger partial charge in [0.1, 0.15) is 23.0 Å². The van der Waals surface area contributed by atoms with E-state index in [0.29, 0.717) is 24.4 Å². The molecular formula is C26H28N2O5. The van der Waals surface area contributed by atoms with Gasteiger partial charge in [-0.05, 0) is 49.1 Å². The van der Waals surface area contributed by atoms with Crippen LogP contribution in [0, 0.1) is 12.8 Å². The summed E-state index contributed by atoms with van der Waals surface area (Å²) in [4.78, 5) is 26.0. The zero-order valence-electron chi connectivity index (χ0n) is 18.9. The molecule has 7 nitrogen and oxygen atoms in total. The zero-order chi connectivity index (χ0) is 23.4. The van der Waals surface area contributed by atoms with Crippen LogP contribution in [0.1, 0.15) is 48.4 Å². The Labute approximate surface area is 193 Å². The van der Waals surface area contributed by atoms with Gasteiger partial charge in [0.2, 0.25) is 5.91 Å². The van der Waals surface area contributed by atoms with Gasteiger partial charge in [-0.1, -0.05) is 42.4 Å². The third-order valence-electron chi connectivity index (χ3n) is 6.02. The van der Waals surface area contributed by atoms with Crippen molar-refractivity contribution in [2.45, 2.75) is 45.6 Å². The number of carbonyl (C=O) groups is 2. The SMILES string of the molecule is Cc1ccccc1Oc1ccc(CC(=O)N2CCCC2c2cc(CC(C)C(=O)O)on2)cc1. The van der Waals surface area contributed by atoms with Crippen LogP contribution in [0.3, 0.4) is 0 Å². The number of carboxylic acids is 1. The fourth-order valence-electron chi connectivity index (χ4n) is 4.09. The van der Waals surface area contributed by atoms with E-state index in [1.807, 2.05) is 60.4 Å². The van der Waals surface area contributed by atoms with Gasteiger partial charge in [0.15, 0.2) is 0 Å². The number of hydrogen-bond acceptors (Lipinski definition) is 5. The fraction of sp³-hybridized carbons (Fsp3) is 0.346. The van der Waals surface area contributed by atoms with Gasteiger partial charge >= 0.3 is 5.97 Å². The first-order valence-electron chi connectivity index (χ1n) is 11.2. The van der Waals surface area contributed by atoms with Crippen molar-refractivity contribution in [3.8, 4) is 11.5 Å². The molecule has 1 N–H and O–H groups in total. The molecule has 1 aliphatic heterocycles. The van der Waals surface area contributed by atoms with Gasteiger partial charge in [0, 0.05) is 19.0 Å². The predicted molar refractivity (Wildman–Crippen MR) is 122 cm³/mol. The van der Waals surface area contributed by atoms with Crippen LogP contribution in [-0.2, 0) is 22.4 Å². The summed E-state index contributed by atoms with van der Waals surface area (Å²) in [5.41, 5.74) is 2.67. The van der Waals surface area contributed by atoms with Crippen LogP contribution in [0.2, 0.25) is 0 Å². The number of carbonyl (C=O) groups excluding carboxylic acids is 1. The molecule has 1 aromatic heterocycles. The third-order valence-corrected chi connectivity index (χ3v) is 6.02. The third kappa shape index (κ3) is 5.42. The number of likely N-dealkylation sites (tertiary alicyclic amines) is 1. The number of aryl methyl sites for hydroxylation is 1. The summed E-state index contributed by atoms with van der Waals surface area (Å²) >= 11 is 0. The summed E-state index contributed by atoms with van der Waals surface area (Å²) in [6.45, 7) is 4.30. The maximum Gasteiger partial charge on any atom is 0.306 e. The average Bonchev–Trinajstić information content (AvgIpc) is 3.46. The fourth-order valence-corrected chi connectivity index (χ4v) is 4.09. The molecule has 0 spiro atoms. The van der Waals surface area contributed by atoms with E-state index >= 15 is 0 Å². The second-order valence-electron chi connectivity index (χ2n) is 8.59. The first-order valence-corrected chi connectivity index (χ1v) is 11.2. The van der Waals surface area contributed by atoms with E-state index in [1.165, 1.54) is 0 Å². The van der Waals surface area contributed by atoms with E-state index in [2.05, 4.69) is 5.16 Å². The van der Waals surface area contributed by atoms with Crippen LogP contribution in [0.25, 0.3) is 0 Å². The highest BCUT2D eigenvalue weighted by molar-refractivity contribution is 5.79. The maximum atomic E-state index is 13.1. The van der Waals surface area contributed by atoms with Crippen molar-refractivity contribution in [1.29, 1.82) is 0 Å². The van der Waals surface area contributed by atoms with E-state index < -0.39 is 11.9 Å². The van der Waals surface area contributed by atoms with Crippen molar-refractivity contribution >= 4 is 11.9 Å². The highest BCUT2D eigenvalue weighted by Gasteiger charge is 2.32. The lowest BCUT2D eigenvalue weighted by atomic mass is 10.0. The van der Waals surface area contributed by atoms with Crippen molar-refractivity contribution in [1.82, 2.24) is 10.1 Å². The molecule has 1 amide bonds. The number of hydrogen-bond donors (Lipinski definition) is 1. The van der Waals surface area contributed by atoms with Crippen LogP contribution < -0.4 is 4.74 Å². The highest BCUT2D eigenvalue weighted by Crippen LogP contribution is 2.33. The molecule has 0 saturated carbocycles. The molecule has 7 heteroatoms. The van der Waals surface area contributed by atoms with Gasteiger partial charge in [-0.25, -0.2) is 0 Å². The van der Waals surface area contributed by atoms with Gasteiger partial charge in [-0.15, -0.1) is 0 Å². The molecule has 2 atom stereocenters. The van der Waals surface area contributed by atoms with Crippen LogP contribution in [0.15, 0.2) is 59.1 Å². The normalized spacial score (nSPS) is 16.5. The van der Waals surface area contributed by atoms with Crippen LogP contribution >= 0.6 is 0 Å². The Morgan fingerprint density at radius 2 is 1.97 bits per heavy atom. The molecule has 1 fully saturated rings. The lowest BCUT2D eigenvalue weighted by molar-refractivity contribution is -0.141. The predicted octanol–water partition coefficient (Wildman–Crippen LogP) is 4.94. The Balaban J connectivity index is 1.38. The van der Waals surface area contributed by atoms with Crippen molar-refractivity contribution in [2.75, 3.05) is 6.54 Å². The number of aromatic nitrogens is 1. The molecule has 4 rings (SSSR count). The lowest BCUT2D eigenvalue weighted by Gasteiger charge is -2.23. The van der Waals surface area contributed by atoms with Crippen LogP contribution in [0.4, 0.5) is 0 Å². The minimum atomic E-state index is -0.874. The largest absolute Gasteiger partial charge is 0.481 e. The number of aliphatic carboxylic acids is 1. The van der Waals surface area contributed by atoms with Crippen molar-refractivity contribution in [3.63, 3.8) is 0 Å².